The molecule has 2 aromatic heterocycles. The van der Waals surface area contributed by atoms with Crippen molar-refractivity contribution >= 4 is 33.3 Å². The quantitative estimate of drug-likeness (QED) is 0.260. The normalized spacial score (nSPS) is 13.2. The molecule has 5 rings (SSSR count). The van der Waals surface area contributed by atoms with Crippen molar-refractivity contribution in [3.8, 4) is 22.9 Å². The molecular weight excluding hydrogens is 452 g/mol. The summed E-state index contributed by atoms with van der Waals surface area (Å²) in [4.78, 5) is 24.0. The van der Waals surface area contributed by atoms with Crippen LogP contribution in [0, 0.1) is 6.92 Å². The van der Waals surface area contributed by atoms with E-state index in [1.54, 1.807) is 30.2 Å². The lowest BCUT2D eigenvalue weighted by Crippen LogP contribution is -2.11. The number of benzene rings is 2. The van der Waals surface area contributed by atoms with Gasteiger partial charge in [-0.05, 0) is 68.5 Å². The average molecular weight is 479 g/mol. The van der Waals surface area contributed by atoms with E-state index in [9.17, 15) is 4.79 Å². The van der Waals surface area contributed by atoms with Gasteiger partial charge in [0.2, 0.25) is 0 Å². The van der Waals surface area contributed by atoms with Crippen LogP contribution in [0.25, 0.3) is 21.6 Å². The van der Waals surface area contributed by atoms with Gasteiger partial charge in [-0.3, -0.25) is 4.79 Å². The van der Waals surface area contributed by atoms with Gasteiger partial charge < -0.3 is 14.5 Å². The number of methoxy groups -OCH3 is 1. The summed E-state index contributed by atoms with van der Waals surface area (Å²) < 4.78 is 11.5. The molecule has 1 aliphatic carbocycles. The molecule has 7 heteroatoms. The molecule has 0 saturated carbocycles. The van der Waals surface area contributed by atoms with Crippen LogP contribution in [0.2, 0.25) is 0 Å². The molecule has 1 aliphatic rings. The topological polar surface area (TPSA) is 64.2 Å². The molecule has 0 radical (unpaired) electrons. The molecule has 170 valence electrons. The maximum absolute atomic E-state index is 12.9. The number of nitrogens with zero attached hydrogens (tertiary/aromatic N) is 1. The van der Waals surface area contributed by atoms with Gasteiger partial charge in [0.1, 0.15) is 10.7 Å². The Bertz CT molecular complexity index is 1340. The molecular formula is C26H26N2O3S2. The SMILES string of the molecule is COc1cc(-c2nc3sc4c(c3c(=O)[nH]2)CCCC4)ccc1OCCSc1ccc(C)cc1. The Balaban J connectivity index is 1.33. The molecule has 1 N–H and O–H groups in total. The molecule has 0 fully saturated rings. The van der Waals surface area contributed by atoms with E-state index in [4.69, 9.17) is 14.5 Å². The van der Waals surface area contributed by atoms with Crippen LogP contribution in [-0.4, -0.2) is 29.4 Å². The summed E-state index contributed by atoms with van der Waals surface area (Å²) in [6, 6.07) is 14.2. The Hall–Kier alpha value is -2.77. The highest BCUT2D eigenvalue weighted by atomic mass is 32.2. The zero-order chi connectivity index (χ0) is 22.8. The summed E-state index contributed by atoms with van der Waals surface area (Å²) in [5.74, 6) is 2.70. The highest BCUT2D eigenvalue weighted by Gasteiger charge is 2.20. The van der Waals surface area contributed by atoms with Crippen molar-refractivity contribution in [1.29, 1.82) is 0 Å². The van der Waals surface area contributed by atoms with Gasteiger partial charge in [-0.25, -0.2) is 4.98 Å². The highest BCUT2D eigenvalue weighted by molar-refractivity contribution is 7.99. The minimum Gasteiger partial charge on any atom is -0.493 e. The third-order valence-corrected chi connectivity index (χ3v) is 8.05. The molecule has 0 spiro atoms. The van der Waals surface area contributed by atoms with E-state index in [-0.39, 0.29) is 5.56 Å². The first-order valence-electron chi connectivity index (χ1n) is 11.2. The summed E-state index contributed by atoms with van der Waals surface area (Å²) in [6.07, 6.45) is 4.35. The fourth-order valence-corrected chi connectivity index (χ4v) is 6.17. The van der Waals surface area contributed by atoms with Crippen molar-refractivity contribution < 1.29 is 9.47 Å². The van der Waals surface area contributed by atoms with Crippen molar-refractivity contribution in [3.05, 3.63) is 68.8 Å². The van der Waals surface area contributed by atoms with Gasteiger partial charge in [0.15, 0.2) is 11.5 Å². The molecule has 2 aromatic carbocycles. The van der Waals surface area contributed by atoms with Crippen LogP contribution in [0.4, 0.5) is 0 Å². The number of thiophene rings is 1. The average Bonchev–Trinajstić information content (AvgIpc) is 3.22. The Morgan fingerprint density at radius 3 is 2.73 bits per heavy atom. The zero-order valence-electron chi connectivity index (χ0n) is 18.8. The van der Waals surface area contributed by atoms with Crippen LogP contribution < -0.4 is 15.0 Å². The van der Waals surface area contributed by atoms with Crippen LogP contribution in [0.15, 0.2) is 52.2 Å². The summed E-state index contributed by atoms with van der Waals surface area (Å²) in [5.41, 5.74) is 3.21. The van der Waals surface area contributed by atoms with Crippen LogP contribution in [0.1, 0.15) is 28.8 Å². The largest absolute Gasteiger partial charge is 0.493 e. The lowest BCUT2D eigenvalue weighted by molar-refractivity contribution is 0.313. The fraction of sp³-hybridized carbons (Fsp3) is 0.308. The number of H-pyrrole nitrogens is 1. The molecule has 0 aliphatic heterocycles. The van der Waals surface area contributed by atoms with Crippen molar-refractivity contribution in [1.82, 2.24) is 9.97 Å². The molecule has 0 bridgehead atoms. The van der Waals surface area contributed by atoms with E-state index >= 15 is 0 Å². The Labute approximate surface area is 201 Å². The Kier molecular flexibility index (Phi) is 6.42. The van der Waals surface area contributed by atoms with Crippen LogP contribution in [-0.2, 0) is 12.8 Å². The molecule has 2 heterocycles. The molecule has 0 unspecified atom stereocenters. The molecule has 0 amide bonds. The predicted octanol–water partition coefficient (Wildman–Crippen LogP) is 6.02. The van der Waals surface area contributed by atoms with E-state index < -0.39 is 0 Å². The zero-order valence-corrected chi connectivity index (χ0v) is 20.4. The maximum Gasteiger partial charge on any atom is 0.260 e. The summed E-state index contributed by atoms with van der Waals surface area (Å²) in [5, 5.41) is 0.774. The maximum atomic E-state index is 12.9. The third kappa shape index (κ3) is 4.66. The van der Waals surface area contributed by atoms with Crippen LogP contribution in [0.3, 0.4) is 0 Å². The second-order valence-electron chi connectivity index (χ2n) is 8.18. The third-order valence-electron chi connectivity index (χ3n) is 5.89. The first kappa shape index (κ1) is 22.0. The summed E-state index contributed by atoms with van der Waals surface area (Å²) >= 11 is 3.42. The van der Waals surface area contributed by atoms with Gasteiger partial charge in [-0.2, -0.15) is 0 Å². The molecule has 4 aromatic rings. The van der Waals surface area contributed by atoms with Crippen molar-refractivity contribution in [2.75, 3.05) is 19.5 Å². The number of rotatable bonds is 7. The molecule has 33 heavy (non-hydrogen) atoms. The van der Waals surface area contributed by atoms with Crippen molar-refractivity contribution in [3.63, 3.8) is 0 Å². The molecule has 0 atom stereocenters. The van der Waals surface area contributed by atoms with Gasteiger partial charge in [-0.1, -0.05) is 17.7 Å². The second-order valence-corrected chi connectivity index (χ2v) is 10.4. The second kappa shape index (κ2) is 9.61. The summed E-state index contributed by atoms with van der Waals surface area (Å²) in [7, 11) is 1.62. The van der Waals surface area contributed by atoms with E-state index in [0.717, 1.165) is 40.8 Å². The number of fused-ring (bicyclic) bond motifs is 3. The highest BCUT2D eigenvalue weighted by Crippen LogP contribution is 2.36. The first-order valence-corrected chi connectivity index (χ1v) is 13.0. The standard InChI is InChI=1S/C26H26N2O3S2/c1-16-7-10-18(11-8-16)32-14-13-31-20-12-9-17(15-21(20)30-2)24-27-25(29)23-19-5-3-4-6-22(19)33-26(23)28-24/h7-12,15H,3-6,13-14H2,1-2H3,(H,27,28,29). The number of aromatic nitrogens is 2. The number of hydrogen-bond acceptors (Lipinski definition) is 6. The minimum absolute atomic E-state index is 0.0539. The number of nitrogens with one attached hydrogen (secondary N) is 1. The number of aryl methyl sites for hydroxylation is 3. The number of ether oxygens (including phenoxy) is 2. The monoisotopic (exact) mass is 478 g/mol. The van der Waals surface area contributed by atoms with Gasteiger partial charge in [0.25, 0.3) is 5.56 Å². The van der Waals surface area contributed by atoms with E-state index in [1.807, 2.05) is 18.2 Å². The number of thioether (sulfide) groups is 1. The Morgan fingerprint density at radius 2 is 1.91 bits per heavy atom. The van der Waals surface area contributed by atoms with E-state index in [2.05, 4.69) is 36.2 Å². The molecule has 0 saturated heterocycles. The molecule has 5 nitrogen and oxygen atoms in total. The van der Waals surface area contributed by atoms with Crippen molar-refractivity contribution in [2.45, 2.75) is 37.5 Å². The number of aromatic amines is 1. The van der Waals surface area contributed by atoms with Crippen molar-refractivity contribution in [2.24, 2.45) is 0 Å². The fourth-order valence-electron chi connectivity index (χ4n) is 4.18. The van der Waals surface area contributed by atoms with E-state index in [0.29, 0.717) is 23.9 Å². The van der Waals surface area contributed by atoms with E-state index in [1.165, 1.54) is 27.3 Å². The van der Waals surface area contributed by atoms with Crippen LogP contribution >= 0.6 is 23.1 Å². The summed E-state index contributed by atoms with van der Waals surface area (Å²) in [6.45, 7) is 2.65. The van der Waals surface area contributed by atoms with Gasteiger partial charge in [0, 0.05) is 21.1 Å². The number of hydrogen-bond donors (Lipinski definition) is 1. The minimum atomic E-state index is -0.0539. The lowest BCUT2D eigenvalue weighted by Gasteiger charge is -2.12. The lowest BCUT2D eigenvalue weighted by atomic mass is 9.97. The van der Waals surface area contributed by atoms with Gasteiger partial charge in [0.05, 0.1) is 19.1 Å². The predicted molar refractivity (Wildman–Crippen MR) is 136 cm³/mol. The first-order chi connectivity index (χ1) is 16.1. The smallest absolute Gasteiger partial charge is 0.260 e. The van der Waals surface area contributed by atoms with Gasteiger partial charge >= 0.3 is 0 Å². The van der Waals surface area contributed by atoms with Crippen LogP contribution in [0.5, 0.6) is 11.5 Å². The van der Waals surface area contributed by atoms with Gasteiger partial charge in [-0.15, -0.1) is 23.1 Å². The Morgan fingerprint density at radius 1 is 1.09 bits per heavy atom.